The number of esters is 1. The summed E-state index contributed by atoms with van der Waals surface area (Å²) < 4.78 is 9.24. The van der Waals surface area contributed by atoms with Crippen molar-refractivity contribution in [3.05, 3.63) is 50.8 Å². The monoisotopic (exact) mass is 519 g/mol. The molecule has 170 valence electrons. The van der Waals surface area contributed by atoms with Crippen LogP contribution in [-0.4, -0.2) is 38.5 Å². The first-order chi connectivity index (χ1) is 15.2. The summed E-state index contributed by atoms with van der Waals surface area (Å²) in [6.07, 6.45) is 7.95. The summed E-state index contributed by atoms with van der Waals surface area (Å²) in [6, 6.07) is 1.65. The third-order valence-corrected chi connectivity index (χ3v) is 7.45. The molecule has 10 heteroatoms. The Balaban J connectivity index is 1.55. The molecule has 1 amide bonds. The van der Waals surface area contributed by atoms with Crippen LogP contribution >= 0.6 is 27.3 Å². The Morgan fingerprint density at radius 1 is 1.34 bits per heavy atom. The van der Waals surface area contributed by atoms with Crippen molar-refractivity contribution in [1.29, 1.82) is 0 Å². The number of nitrogens with one attached hydrogen (secondary N) is 1. The second kappa shape index (κ2) is 8.82. The van der Waals surface area contributed by atoms with E-state index in [9.17, 15) is 9.59 Å². The van der Waals surface area contributed by atoms with Gasteiger partial charge < -0.3 is 10.1 Å². The van der Waals surface area contributed by atoms with E-state index in [1.807, 2.05) is 6.20 Å². The summed E-state index contributed by atoms with van der Waals surface area (Å²) in [7, 11) is 1.37. The van der Waals surface area contributed by atoms with Crippen molar-refractivity contribution in [1.82, 2.24) is 19.6 Å². The molecule has 3 aromatic heterocycles. The molecule has 1 N–H and O–H groups in total. The SMILES string of the molecule is COC(=O)c1c(NC(=O)c2ccn(Cn3cc(Br)cn3)n2)sc2c1CCC(C(C)(C)C)C2. The zero-order valence-corrected chi connectivity index (χ0v) is 20.9. The standard InChI is InChI=1S/C22H26BrN5O3S/c1-22(2,3)13-5-6-15-17(9-13)32-20(18(15)21(30)31-4)25-19(29)16-7-8-27(26-16)12-28-11-14(23)10-24-28/h7-8,10-11,13H,5-6,9,12H2,1-4H3,(H,25,29). The van der Waals surface area contributed by atoms with Gasteiger partial charge in [0.15, 0.2) is 5.69 Å². The Labute approximate surface area is 199 Å². The number of hydrogen-bond donors (Lipinski definition) is 1. The van der Waals surface area contributed by atoms with Crippen LogP contribution in [0.1, 0.15) is 58.5 Å². The minimum Gasteiger partial charge on any atom is -0.465 e. The van der Waals surface area contributed by atoms with Gasteiger partial charge in [-0.15, -0.1) is 11.3 Å². The Kier molecular flexibility index (Phi) is 6.26. The minimum atomic E-state index is -0.415. The summed E-state index contributed by atoms with van der Waals surface area (Å²) in [5.41, 5.74) is 1.94. The summed E-state index contributed by atoms with van der Waals surface area (Å²) in [6.45, 7) is 7.13. The molecule has 0 bridgehead atoms. The average Bonchev–Trinajstić information content (AvgIpc) is 3.45. The number of hydrogen-bond acceptors (Lipinski definition) is 6. The van der Waals surface area contributed by atoms with E-state index in [4.69, 9.17) is 4.74 Å². The van der Waals surface area contributed by atoms with Crippen molar-refractivity contribution in [3.63, 3.8) is 0 Å². The predicted octanol–water partition coefficient (Wildman–Crippen LogP) is 4.60. The first-order valence-electron chi connectivity index (χ1n) is 10.4. The molecule has 0 saturated carbocycles. The lowest BCUT2D eigenvalue weighted by atomic mass is 9.72. The van der Waals surface area contributed by atoms with Gasteiger partial charge in [-0.2, -0.15) is 10.2 Å². The third-order valence-electron chi connectivity index (χ3n) is 5.87. The molecule has 0 spiro atoms. The zero-order chi connectivity index (χ0) is 23.0. The van der Waals surface area contributed by atoms with Crippen molar-refractivity contribution >= 4 is 44.1 Å². The molecule has 1 aliphatic carbocycles. The molecule has 0 aromatic carbocycles. The maximum Gasteiger partial charge on any atom is 0.341 e. The number of carbonyl (C=O) groups excluding carboxylic acids is 2. The van der Waals surface area contributed by atoms with Crippen LogP contribution in [0.25, 0.3) is 0 Å². The lowest BCUT2D eigenvalue weighted by Crippen LogP contribution is -2.26. The molecule has 0 fully saturated rings. The van der Waals surface area contributed by atoms with Gasteiger partial charge in [0.25, 0.3) is 5.91 Å². The molecule has 8 nitrogen and oxygen atoms in total. The molecular weight excluding hydrogens is 494 g/mol. The van der Waals surface area contributed by atoms with Crippen molar-refractivity contribution in [2.75, 3.05) is 12.4 Å². The molecule has 3 aromatic rings. The molecule has 1 unspecified atom stereocenters. The highest BCUT2D eigenvalue weighted by atomic mass is 79.9. The second-order valence-corrected chi connectivity index (χ2v) is 11.1. The van der Waals surface area contributed by atoms with Gasteiger partial charge >= 0.3 is 5.97 Å². The Morgan fingerprint density at radius 2 is 2.12 bits per heavy atom. The summed E-state index contributed by atoms with van der Waals surface area (Å²) in [4.78, 5) is 26.6. The van der Waals surface area contributed by atoms with Gasteiger partial charge in [-0.25, -0.2) is 9.48 Å². The predicted molar refractivity (Wildman–Crippen MR) is 126 cm³/mol. The molecule has 0 radical (unpaired) electrons. The number of thiophene rings is 1. The van der Waals surface area contributed by atoms with E-state index in [1.165, 1.54) is 18.4 Å². The van der Waals surface area contributed by atoms with Gasteiger partial charge in [0.05, 0.1) is 23.3 Å². The van der Waals surface area contributed by atoms with Crippen LogP contribution in [0.3, 0.4) is 0 Å². The molecule has 1 atom stereocenters. The van der Waals surface area contributed by atoms with E-state index in [2.05, 4.69) is 52.2 Å². The highest BCUT2D eigenvalue weighted by Crippen LogP contribution is 2.44. The number of anilines is 1. The largest absolute Gasteiger partial charge is 0.465 e. The van der Waals surface area contributed by atoms with E-state index >= 15 is 0 Å². The van der Waals surface area contributed by atoms with Crippen LogP contribution in [0.2, 0.25) is 0 Å². The van der Waals surface area contributed by atoms with Gasteiger partial charge in [0.1, 0.15) is 11.7 Å². The van der Waals surface area contributed by atoms with E-state index < -0.39 is 5.97 Å². The smallest absolute Gasteiger partial charge is 0.341 e. The van der Waals surface area contributed by atoms with E-state index in [0.717, 1.165) is 34.2 Å². The van der Waals surface area contributed by atoms with Gasteiger partial charge in [0.2, 0.25) is 0 Å². The number of methoxy groups -OCH3 is 1. The Bertz CT molecular complexity index is 1160. The molecule has 4 rings (SSSR count). The van der Waals surface area contributed by atoms with Crippen LogP contribution in [0, 0.1) is 11.3 Å². The topological polar surface area (TPSA) is 91.0 Å². The number of fused-ring (bicyclic) bond motifs is 1. The van der Waals surface area contributed by atoms with Crippen LogP contribution in [0.15, 0.2) is 29.1 Å². The fraction of sp³-hybridized carbons (Fsp3) is 0.455. The lowest BCUT2D eigenvalue weighted by Gasteiger charge is -2.33. The minimum absolute atomic E-state index is 0.188. The molecule has 0 aliphatic heterocycles. The Morgan fingerprint density at radius 3 is 2.78 bits per heavy atom. The van der Waals surface area contributed by atoms with Crippen molar-refractivity contribution in [2.45, 2.75) is 46.7 Å². The average molecular weight is 520 g/mol. The number of rotatable bonds is 5. The number of aromatic nitrogens is 4. The van der Waals surface area contributed by atoms with Crippen LogP contribution in [0.4, 0.5) is 5.00 Å². The summed E-state index contributed by atoms with van der Waals surface area (Å²) in [5.74, 6) is -0.246. The highest BCUT2D eigenvalue weighted by molar-refractivity contribution is 9.10. The summed E-state index contributed by atoms with van der Waals surface area (Å²) >= 11 is 4.83. The van der Waals surface area contributed by atoms with Gasteiger partial charge in [-0.1, -0.05) is 20.8 Å². The quantitative estimate of drug-likeness (QED) is 0.497. The van der Waals surface area contributed by atoms with Gasteiger partial charge in [-0.05, 0) is 58.2 Å². The first-order valence-corrected chi connectivity index (χ1v) is 12.0. The second-order valence-electron chi connectivity index (χ2n) is 9.04. The lowest BCUT2D eigenvalue weighted by molar-refractivity contribution is 0.0600. The number of halogens is 1. The van der Waals surface area contributed by atoms with Crippen molar-refractivity contribution in [3.8, 4) is 0 Å². The Hall–Kier alpha value is -2.46. The van der Waals surface area contributed by atoms with Gasteiger partial charge in [-0.3, -0.25) is 9.48 Å². The molecular formula is C22H26BrN5O3S. The van der Waals surface area contributed by atoms with Crippen molar-refractivity contribution < 1.29 is 14.3 Å². The number of carbonyl (C=O) groups is 2. The van der Waals surface area contributed by atoms with E-state index in [1.54, 1.807) is 27.8 Å². The van der Waals surface area contributed by atoms with Crippen LogP contribution < -0.4 is 5.32 Å². The molecule has 1 aliphatic rings. The van der Waals surface area contributed by atoms with E-state index in [0.29, 0.717) is 23.2 Å². The first kappa shape index (κ1) is 22.7. The van der Waals surface area contributed by atoms with Crippen molar-refractivity contribution in [2.24, 2.45) is 11.3 Å². The maximum atomic E-state index is 12.9. The molecule has 3 heterocycles. The molecule has 0 saturated heterocycles. The number of ether oxygens (including phenoxy) is 1. The fourth-order valence-electron chi connectivity index (χ4n) is 4.02. The number of nitrogens with zero attached hydrogens (tertiary/aromatic N) is 4. The van der Waals surface area contributed by atoms with Crippen LogP contribution in [0.5, 0.6) is 0 Å². The normalized spacial score (nSPS) is 16.0. The third kappa shape index (κ3) is 4.66. The van der Waals surface area contributed by atoms with Gasteiger partial charge in [0, 0.05) is 17.3 Å². The highest BCUT2D eigenvalue weighted by Gasteiger charge is 2.34. The van der Waals surface area contributed by atoms with Crippen LogP contribution in [-0.2, 0) is 24.2 Å². The van der Waals surface area contributed by atoms with E-state index in [-0.39, 0.29) is 17.0 Å². The number of amides is 1. The zero-order valence-electron chi connectivity index (χ0n) is 18.5. The summed E-state index contributed by atoms with van der Waals surface area (Å²) in [5, 5.41) is 12.0. The maximum absolute atomic E-state index is 12.9. The molecule has 32 heavy (non-hydrogen) atoms. The fourth-order valence-corrected chi connectivity index (χ4v) is 5.66.